The van der Waals surface area contributed by atoms with Crippen molar-refractivity contribution in [2.75, 3.05) is 31.1 Å². The van der Waals surface area contributed by atoms with Crippen LogP contribution in [0.25, 0.3) is 0 Å². The van der Waals surface area contributed by atoms with Crippen LogP contribution in [0.3, 0.4) is 0 Å². The van der Waals surface area contributed by atoms with Gasteiger partial charge in [0.15, 0.2) is 0 Å². The Morgan fingerprint density at radius 1 is 1.14 bits per heavy atom. The molecular weight excluding hydrogens is 380 g/mol. The Labute approximate surface area is 165 Å². The van der Waals surface area contributed by atoms with Crippen LogP contribution in [0.2, 0.25) is 0 Å². The summed E-state index contributed by atoms with van der Waals surface area (Å²) in [5.74, 6) is -0.927. The van der Waals surface area contributed by atoms with Gasteiger partial charge >= 0.3 is 6.03 Å². The van der Waals surface area contributed by atoms with Gasteiger partial charge in [-0.05, 0) is 23.8 Å². The van der Waals surface area contributed by atoms with E-state index in [1.807, 2.05) is 11.0 Å². The number of hydrogen-bond donors (Lipinski definition) is 0. The van der Waals surface area contributed by atoms with Crippen molar-refractivity contribution in [3.05, 3.63) is 53.4 Å². The number of nitriles is 1. The third kappa shape index (κ3) is 3.85. The van der Waals surface area contributed by atoms with Crippen molar-refractivity contribution in [1.82, 2.24) is 19.9 Å². The molecule has 0 spiro atoms. The zero-order valence-corrected chi connectivity index (χ0v) is 15.4. The van der Waals surface area contributed by atoms with E-state index in [9.17, 15) is 13.6 Å². The maximum absolute atomic E-state index is 13.6. The van der Waals surface area contributed by atoms with E-state index in [4.69, 9.17) is 5.26 Å². The standard InChI is InChI=1S/C19H17F2N7O/c20-14-9-13(10-15(21)11-14)17-2-4-24-28(17)19(29)27-7-5-26(6-8-27)18-23-3-1-16(12-22)25-18/h1,3-4,9-11,17H,2,5-8H2. The van der Waals surface area contributed by atoms with Gasteiger partial charge in [-0.15, -0.1) is 0 Å². The maximum atomic E-state index is 13.6. The summed E-state index contributed by atoms with van der Waals surface area (Å²) in [6.07, 6.45) is 3.49. The van der Waals surface area contributed by atoms with E-state index in [1.54, 1.807) is 11.1 Å². The summed E-state index contributed by atoms with van der Waals surface area (Å²) in [5.41, 5.74) is 0.652. The first kappa shape index (κ1) is 18.7. The van der Waals surface area contributed by atoms with Crippen LogP contribution in [0.15, 0.2) is 35.6 Å². The second-order valence-electron chi connectivity index (χ2n) is 6.71. The van der Waals surface area contributed by atoms with Gasteiger partial charge in [-0.25, -0.2) is 28.6 Å². The fourth-order valence-corrected chi connectivity index (χ4v) is 3.45. The minimum Gasteiger partial charge on any atom is -0.337 e. The van der Waals surface area contributed by atoms with Gasteiger partial charge in [0.1, 0.15) is 23.4 Å². The number of aromatic nitrogens is 2. The summed E-state index contributed by atoms with van der Waals surface area (Å²) in [7, 11) is 0. The quantitative estimate of drug-likeness (QED) is 0.776. The van der Waals surface area contributed by atoms with E-state index < -0.39 is 17.7 Å². The van der Waals surface area contributed by atoms with Crippen molar-refractivity contribution < 1.29 is 13.6 Å². The third-order valence-corrected chi connectivity index (χ3v) is 4.89. The van der Waals surface area contributed by atoms with Crippen LogP contribution in [0.4, 0.5) is 19.5 Å². The lowest BCUT2D eigenvalue weighted by atomic mass is 10.0. The average Bonchev–Trinajstić information content (AvgIpc) is 3.23. The Balaban J connectivity index is 1.43. The Hall–Kier alpha value is -3.61. The van der Waals surface area contributed by atoms with Crippen molar-refractivity contribution >= 4 is 18.2 Å². The summed E-state index contributed by atoms with van der Waals surface area (Å²) in [4.78, 5) is 24.8. The Kier molecular flexibility index (Phi) is 5.03. The van der Waals surface area contributed by atoms with Gasteiger partial charge in [0.25, 0.3) is 0 Å². The van der Waals surface area contributed by atoms with E-state index in [0.29, 0.717) is 44.1 Å². The summed E-state index contributed by atoms with van der Waals surface area (Å²) < 4.78 is 27.2. The lowest BCUT2D eigenvalue weighted by Gasteiger charge is -2.37. The predicted octanol–water partition coefficient (Wildman–Crippen LogP) is 2.30. The molecule has 29 heavy (non-hydrogen) atoms. The van der Waals surface area contributed by atoms with Crippen LogP contribution in [0, 0.1) is 23.0 Å². The molecule has 1 unspecified atom stereocenters. The maximum Gasteiger partial charge on any atom is 0.341 e. The first-order valence-electron chi connectivity index (χ1n) is 9.10. The number of rotatable bonds is 2. The monoisotopic (exact) mass is 397 g/mol. The molecule has 1 fully saturated rings. The first-order chi connectivity index (χ1) is 14.0. The molecule has 1 aromatic heterocycles. The minimum absolute atomic E-state index is 0.282. The first-order valence-corrected chi connectivity index (χ1v) is 9.10. The number of piperazine rings is 1. The van der Waals surface area contributed by atoms with Gasteiger partial charge in [-0.2, -0.15) is 10.4 Å². The normalized spacial score (nSPS) is 18.8. The fraction of sp³-hybridized carbons (Fsp3) is 0.316. The zero-order valence-electron chi connectivity index (χ0n) is 15.4. The summed E-state index contributed by atoms with van der Waals surface area (Å²) in [6, 6.07) is 5.90. The summed E-state index contributed by atoms with van der Waals surface area (Å²) >= 11 is 0. The number of hydrazone groups is 1. The molecule has 4 rings (SSSR count). The highest BCUT2D eigenvalue weighted by Gasteiger charge is 2.33. The predicted molar refractivity (Wildman–Crippen MR) is 100.0 cm³/mol. The van der Waals surface area contributed by atoms with Gasteiger partial charge in [0.05, 0.1) is 6.04 Å². The van der Waals surface area contributed by atoms with Gasteiger partial charge in [0.2, 0.25) is 5.95 Å². The lowest BCUT2D eigenvalue weighted by Crippen LogP contribution is -2.52. The van der Waals surface area contributed by atoms with Crippen LogP contribution in [-0.2, 0) is 0 Å². The molecule has 0 bridgehead atoms. The van der Waals surface area contributed by atoms with E-state index in [0.717, 1.165) is 6.07 Å². The zero-order chi connectivity index (χ0) is 20.4. The average molecular weight is 397 g/mol. The number of halogens is 2. The number of amides is 2. The van der Waals surface area contributed by atoms with E-state index in [-0.39, 0.29) is 11.7 Å². The SMILES string of the molecule is N#Cc1ccnc(N2CCN(C(=O)N3N=CCC3c3cc(F)cc(F)c3)CC2)n1. The molecular formula is C19H17F2N7O. The molecule has 2 aromatic rings. The van der Waals surface area contributed by atoms with Crippen molar-refractivity contribution in [3.63, 3.8) is 0 Å². The molecule has 148 valence electrons. The smallest absolute Gasteiger partial charge is 0.337 e. The summed E-state index contributed by atoms with van der Waals surface area (Å²) in [5, 5.41) is 14.4. The second kappa shape index (κ2) is 7.79. The molecule has 0 aliphatic carbocycles. The molecule has 0 radical (unpaired) electrons. The molecule has 0 saturated carbocycles. The van der Waals surface area contributed by atoms with Crippen molar-refractivity contribution in [3.8, 4) is 6.07 Å². The van der Waals surface area contributed by atoms with Crippen molar-refractivity contribution in [2.45, 2.75) is 12.5 Å². The van der Waals surface area contributed by atoms with Gasteiger partial charge < -0.3 is 9.80 Å². The fourth-order valence-electron chi connectivity index (χ4n) is 3.45. The second-order valence-corrected chi connectivity index (χ2v) is 6.71. The molecule has 2 aliphatic rings. The van der Waals surface area contributed by atoms with Crippen LogP contribution >= 0.6 is 0 Å². The number of hydrogen-bond acceptors (Lipinski definition) is 6. The van der Waals surface area contributed by atoms with Gasteiger partial charge in [-0.3, -0.25) is 0 Å². The molecule has 0 N–H and O–H groups in total. The lowest BCUT2D eigenvalue weighted by molar-refractivity contribution is 0.139. The molecule has 8 nitrogen and oxygen atoms in total. The molecule has 10 heteroatoms. The number of nitrogens with zero attached hydrogens (tertiary/aromatic N) is 7. The molecule has 1 atom stereocenters. The molecule has 3 heterocycles. The molecule has 1 saturated heterocycles. The number of carbonyl (C=O) groups excluding carboxylic acids is 1. The highest BCUT2D eigenvalue weighted by atomic mass is 19.1. The number of anilines is 1. The largest absolute Gasteiger partial charge is 0.341 e. The topological polar surface area (TPSA) is 88.7 Å². The van der Waals surface area contributed by atoms with Crippen molar-refractivity contribution in [1.29, 1.82) is 5.26 Å². The van der Waals surface area contributed by atoms with E-state index >= 15 is 0 Å². The Morgan fingerprint density at radius 2 is 1.86 bits per heavy atom. The Bertz CT molecular complexity index is 978. The third-order valence-electron chi connectivity index (χ3n) is 4.89. The molecule has 2 aliphatic heterocycles. The van der Waals surface area contributed by atoms with Crippen LogP contribution in [0.1, 0.15) is 23.7 Å². The number of urea groups is 1. The highest BCUT2D eigenvalue weighted by Crippen LogP contribution is 2.30. The van der Waals surface area contributed by atoms with E-state index in [2.05, 4.69) is 15.1 Å². The minimum atomic E-state index is -0.687. The number of carbonyl (C=O) groups is 1. The van der Waals surface area contributed by atoms with Crippen LogP contribution in [0.5, 0.6) is 0 Å². The van der Waals surface area contributed by atoms with Crippen LogP contribution < -0.4 is 4.90 Å². The van der Waals surface area contributed by atoms with Gasteiger partial charge in [0, 0.05) is 51.1 Å². The van der Waals surface area contributed by atoms with Crippen LogP contribution in [-0.4, -0.2) is 58.3 Å². The van der Waals surface area contributed by atoms with Gasteiger partial charge in [-0.1, -0.05) is 0 Å². The van der Waals surface area contributed by atoms with E-state index in [1.165, 1.54) is 29.4 Å². The number of benzene rings is 1. The molecule has 1 aromatic carbocycles. The molecule has 2 amide bonds. The Morgan fingerprint density at radius 3 is 2.55 bits per heavy atom. The summed E-state index contributed by atoms with van der Waals surface area (Å²) in [6.45, 7) is 1.82. The highest BCUT2D eigenvalue weighted by molar-refractivity contribution is 5.78. The van der Waals surface area contributed by atoms with Crippen molar-refractivity contribution in [2.24, 2.45) is 5.10 Å².